The highest BCUT2D eigenvalue weighted by atomic mass is 31.2. The van der Waals surface area contributed by atoms with E-state index in [4.69, 9.17) is 61.6 Å². The molecule has 0 saturated heterocycles. The summed E-state index contributed by atoms with van der Waals surface area (Å²) in [7, 11) is -7.75. The SMILES string of the molecule is CC#N.CC(C)OP(=O)(CO[C@H](C)CN(C)C(=O)OCc1ccccc1)OC(C)C.CC(C)OP(=O)(CO[C@H](C)CNC(=O)OCc1ccccc1)OC(C)C.C[C@H](CN(C)C(=O)OCc1ccccc1)OCP(=O)(O)O. The van der Waals surface area contributed by atoms with Crippen LogP contribution in [-0.2, 0) is 80.0 Å². The molecule has 0 aromatic heterocycles. The van der Waals surface area contributed by atoms with Gasteiger partial charge in [0, 0.05) is 40.7 Å². The molecule has 22 nitrogen and oxygen atoms in total. The van der Waals surface area contributed by atoms with Gasteiger partial charge in [0.05, 0.1) is 48.8 Å². The predicted octanol–water partition coefficient (Wildman–Crippen LogP) is 11.3. The summed E-state index contributed by atoms with van der Waals surface area (Å²) < 4.78 is 89.4. The average Bonchev–Trinajstić information content (AvgIpc) is 3.34. The van der Waals surface area contributed by atoms with E-state index in [1.165, 1.54) is 23.8 Å². The molecule has 436 valence electrons. The van der Waals surface area contributed by atoms with Crippen molar-refractivity contribution in [2.24, 2.45) is 0 Å². The van der Waals surface area contributed by atoms with Gasteiger partial charge in [0.15, 0.2) is 0 Å². The van der Waals surface area contributed by atoms with Crippen molar-refractivity contribution in [3.63, 3.8) is 0 Å². The molecule has 3 atom stereocenters. The summed E-state index contributed by atoms with van der Waals surface area (Å²) in [6.07, 6.45) is -4.75. The van der Waals surface area contributed by atoms with Gasteiger partial charge < -0.3 is 71.4 Å². The van der Waals surface area contributed by atoms with Gasteiger partial charge in [-0.25, -0.2) is 14.4 Å². The number of alkyl carbamates (subject to hydrolysis) is 1. The molecule has 0 spiro atoms. The summed E-state index contributed by atoms with van der Waals surface area (Å²) >= 11 is 0. The summed E-state index contributed by atoms with van der Waals surface area (Å²) in [4.78, 5) is 55.7. The number of nitrogens with one attached hydrogen (secondary N) is 1. The number of nitrogens with zero attached hydrogens (tertiary/aromatic N) is 3. The summed E-state index contributed by atoms with van der Waals surface area (Å²) in [6.45, 7) is 22.1. The Morgan fingerprint density at radius 2 is 0.805 bits per heavy atom. The molecule has 0 fully saturated rings. The smallest absolute Gasteiger partial charge is 0.409 e. The van der Waals surface area contributed by atoms with Crippen LogP contribution in [-0.4, -0.2) is 133 Å². The van der Waals surface area contributed by atoms with Gasteiger partial charge in [0.1, 0.15) is 38.9 Å². The van der Waals surface area contributed by atoms with Crippen molar-refractivity contribution < 1.29 is 84.4 Å². The lowest BCUT2D eigenvalue weighted by atomic mass is 10.2. The third-order valence-electron chi connectivity index (χ3n) is 8.89. The molecule has 0 radical (unpaired) electrons. The number of likely N-dealkylation sites (N-methyl/N-ethyl adjacent to an activating group) is 2. The molecule has 0 aliphatic carbocycles. The Hall–Kier alpha value is -4.71. The second kappa shape index (κ2) is 39.6. The highest BCUT2D eigenvalue weighted by Gasteiger charge is 2.31. The van der Waals surface area contributed by atoms with E-state index in [0.717, 1.165) is 16.7 Å². The van der Waals surface area contributed by atoms with E-state index in [0.29, 0.717) is 0 Å². The topological polar surface area (TPSA) is 277 Å². The second-order valence-electron chi connectivity index (χ2n) is 18.3. The van der Waals surface area contributed by atoms with Gasteiger partial charge in [-0.15, -0.1) is 0 Å². The lowest BCUT2D eigenvalue weighted by molar-refractivity contribution is 0.0394. The molecular weight excluding hydrogens is 1060 g/mol. The summed E-state index contributed by atoms with van der Waals surface area (Å²) in [6, 6.07) is 29.9. The van der Waals surface area contributed by atoms with E-state index in [9.17, 15) is 28.1 Å². The first kappa shape index (κ1) is 72.3. The first-order valence-electron chi connectivity index (χ1n) is 24.9. The van der Waals surface area contributed by atoms with Gasteiger partial charge in [-0.1, -0.05) is 91.0 Å². The highest BCUT2D eigenvalue weighted by Crippen LogP contribution is 2.51. The minimum atomic E-state index is -4.20. The van der Waals surface area contributed by atoms with Gasteiger partial charge in [-0.3, -0.25) is 13.7 Å². The molecule has 77 heavy (non-hydrogen) atoms. The first-order chi connectivity index (χ1) is 36.0. The number of hydrogen-bond donors (Lipinski definition) is 3. The van der Waals surface area contributed by atoms with Crippen molar-refractivity contribution in [3.05, 3.63) is 108 Å². The maximum Gasteiger partial charge on any atom is 0.409 e. The van der Waals surface area contributed by atoms with Crippen LogP contribution in [0.3, 0.4) is 0 Å². The van der Waals surface area contributed by atoms with Crippen LogP contribution >= 0.6 is 22.8 Å². The van der Waals surface area contributed by atoms with Gasteiger partial charge in [0.25, 0.3) is 0 Å². The van der Waals surface area contributed by atoms with Crippen molar-refractivity contribution in [2.75, 3.05) is 52.8 Å². The summed E-state index contributed by atoms with van der Waals surface area (Å²) in [5, 5.41) is 9.93. The van der Waals surface area contributed by atoms with Gasteiger partial charge in [0.2, 0.25) is 0 Å². The van der Waals surface area contributed by atoms with E-state index >= 15 is 0 Å². The Balaban J connectivity index is 0.00000110. The van der Waals surface area contributed by atoms with Crippen molar-refractivity contribution in [2.45, 2.75) is 146 Å². The zero-order valence-corrected chi connectivity index (χ0v) is 49.9. The van der Waals surface area contributed by atoms with Crippen LogP contribution in [0.5, 0.6) is 0 Å². The van der Waals surface area contributed by atoms with Crippen molar-refractivity contribution in [1.82, 2.24) is 15.1 Å². The fourth-order valence-corrected chi connectivity index (χ4v) is 10.1. The Labute approximate surface area is 456 Å². The van der Waals surface area contributed by atoms with Crippen LogP contribution in [0, 0.1) is 11.3 Å². The van der Waals surface area contributed by atoms with Crippen molar-refractivity contribution in [1.29, 1.82) is 5.26 Å². The quantitative estimate of drug-likeness (QED) is 0.0430. The van der Waals surface area contributed by atoms with E-state index < -0.39 is 53.5 Å². The largest absolute Gasteiger partial charge is 0.445 e. The molecule has 3 aromatic carbocycles. The third-order valence-corrected chi connectivity index (χ3v) is 13.3. The lowest BCUT2D eigenvalue weighted by Crippen LogP contribution is -2.35. The van der Waals surface area contributed by atoms with E-state index in [-0.39, 0.29) is 88.8 Å². The number of hydrogen-bond acceptors (Lipinski definition) is 17. The Kier molecular flexibility index (Phi) is 37.2. The summed E-state index contributed by atoms with van der Waals surface area (Å²) in [5.41, 5.74) is 2.70. The third kappa shape index (κ3) is 39.3. The van der Waals surface area contributed by atoms with Gasteiger partial charge in [-0.05, 0) is 92.9 Å². The molecular formula is C52H85N4O18P3. The number of nitriles is 1. The van der Waals surface area contributed by atoms with E-state index in [1.807, 2.05) is 91.0 Å². The Morgan fingerprint density at radius 3 is 1.10 bits per heavy atom. The van der Waals surface area contributed by atoms with Crippen LogP contribution in [0.4, 0.5) is 14.4 Å². The van der Waals surface area contributed by atoms with E-state index in [1.54, 1.807) is 89.3 Å². The molecule has 0 bridgehead atoms. The molecule has 3 amide bonds. The zero-order chi connectivity index (χ0) is 58.6. The molecule has 3 rings (SSSR count). The fraction of sp³-hybridized carbons (Fsp3) is 0.577. The van der Waals surface area contributed by atoms with Crippen LogP contribution in [0.25, 0.3) is 0 Å². The molecule has 0 aliphatic rings. The number of carbonyl (C=O) groups excluding carboxylic acids is 3. The number of amides is 3. The van der Waals surface area contributed by atoms with Crippen LogP contribution in [0.1, 0.15) is 99.8 Å². The Morgan fingerprint density at radius 1 is 0.519 bits per heavy atom. The fourth-order valence-electron chi connectivity index (χ4n) is 5.86. The highest BCUT2D eigenvalue weighted by molar-refractivity contribution is 7.54. The molecule has 3 aromatic rings. The Bertz CT molecular complexity index is 2230. The standard InChI is InChI=1S/C19H32NO6P.C18H30NO6P.C13H20NO6P.C2H3N/c1-15(2)25-27(22,26-16(3)4)14-24-17(5)12-20(6)19(21)23-13-18-10-8-7-9-11-18;1-14(2)24-26(21,25-15(3)4)13-23-16(5)11-19-18(20)22-12-17-9-7-6-8-10-17;1-11(20-10-21(16,17)18)8-14(2)13(15)19-9-12-6-4-3-5-7-12;1-2-3/h7-11,15-17H,12-14H2,1-6H3;6-10,14-16H,11-13H2,1-5H3,(H,19,20);3-7,11H,8-10H2,1-2H3,(H2,16,17,18);1H3/t17-;16-;11-;/m111./s1. The molecule has 0 heterocycles. The number of carbonyl (C=O) groups is 3. The summed E-state index contributed by atoms with van der Waals surface area (Å²) in [5.74, 6) is 0. The van der Waals surface area contributed by atoms with Gasteiger partial charge in [-0.2, -0.15) is 5.26 Å². The van der Waals surface area contributed by atoms with Crippen molar-refractivity contribution in [3.8, 4) is 6.07 Å². The predicted molar refractivity (Wildman–Crippen MR) is 293 cm³/mol. The van der Waals surface area contributed by atoms with Crippen LogP contribution < -0.4 is 5.32 Å². The normalized spacial score (nSPS) is 12.6. The van der Waals surface area contributed by atoms with E-state index in [2.05, 4.69) is 5.32 Å². The first-order valence-corrected chi connectivity index (χ1v) is 30.2. The zero-order valence-electron chi connectivity index (χ0n) is 47.2. The van der Waals surface area contributed by atoms with Crippen LogP contribution in [0.2, 0.25) is 0 Å². The lowest BCUT2D eigenvalue weighted by Gasteiger charge is -2.26. The molecule has 25 heteroatoms. The van der Waals surface area contributed by atoms with Crippen LogP contribution in [0.15, 0.2) is 91.0 Å². The maximum absolute atomic E-state index is 12.7. The number of rotatable bonds is 29. The minimum Gasteiger partial charge on any atom is -0.445 e. The minimum absolute atomic E-state index is 0.168. The maximum atomic E-state index is 12.7. The number of benzene rings is 3. The molecule has 0 saturated carbocycles. The average molecular weight is 1150 g/mol. The molecule has 0 aliphatic heterocycles. The molecule has 0 unspecified atom stereocenters. The van der Waals surface area contributed by atoms with Gasteiger partial charge >= 0.3 is 41.1 Å². The number of ether oxygens (including phenoxy) is 6. The monoisotopic (exact) mass is 1150 g/mol. The second-order valence-corrected chi connectivity index (χ2v) is 23.7. The molecule has 3 N–H and O–H groups in total. The van der Waals surface area contributed by atoms with Crippen molar-refractivity contribution >= 4 is 41.1 Å².